The Morgan fingerprint density at radius 1 is 0.542 bits per heavy atom. The van der Waals surface area contributed by atoms with Gasteiger partial charge in [0.25, 0.3) is 0 Å². The van der Waals surface area contributed by atoms with Gasteiger partial charge in [0.2, 0.25) is 0 Å². The highest BCUT2D eigenvalue weighted by Crippen LogP contribution is 2.13. The second-order valence-electron chi connectivity index (χ2n) is 6.56. The fourth-order valence-corrected chi connectivity index (χ4v) is 4.35. The van der Waals surface area contributed by atoms with Crippen molar-refractivity contribution in [1.82, 2.24) is 0 Å². The summed E-state index contributed by atoms with van der Waals surface area (Å²) in [7, 11) is -2.85. The molecule has 0 aromatic rings. The first kappa shape index (κ1) is 24.1. The van der Waals surface area contributed by atoms with E-state index in [1.807, 2.05) is 13.8 Å². The molecule has 24 heavy (non-hydrogen) atoms. The van der Waals surface area contributed by atoms with E-state index in [1.54, 1.807) is 0 Å². The minimum absolute atomic E-state index is 0.543. The lowest BCUT2D eigenvalue weighted by molar-refractivity contribution is 0.0666. The van der Waals surface area contributed by atoms with Gasteiger partial charge in [-0.1, -0.05) is 84.0 Å². The maximum absolute atomic E-state index is 6.04. The molecule has 0 aromatic heterocycles. The van der Waals surface area contributed by atoms with Crippen LogP contribution in [0.15, 0.2) is 0 Å². The van der Waals surface area contributed by atoms with E-state index in [-0.39, 0.29) is 0 Å². The molecule has 0 atom stereocenters. The molecule has 2 N–H and O–H groups in total. The molecule has 5 heteroatoms. The molecule has 0 rings (SSSR count). The van der Waals surface area contributed by atoms with E-state index in [0.717, 1.165) is 6.42 Å². The Labute approximate surface area is 152 Å². The molecule has 0 aromatic carbocycles. The van der Waals surface area contributed by atoms with Crippen LogP contribution in [0.2, 0.25) is 0 Å². The summed E-state index contributed by atoms with van der Waals surface area (Å²) in [4.78, 5) is 0. The molecule has 0 aliphatic carbocycles. The highest BCUT2D eigenvalue weighted by Gasteiger charge is 2.36. The predicted octanol–water partition coefficient (Wildman–Crippen LogP) is 5.56. The van der Waals surface area contributed by atoms with Gasteiger partial charge in [-0.2, -0.15) is 0 Å². The van der Waals surface area contributed by atoms with E-state index in [0.29, 0.717) is 19.8 Å². The topological polar surface area (TPSA) is 53.7 Å². The Balaban J connectivity index is 3.30. The van der Waals surface area contributed by atoms with Gasteiger partial charge in [-0.05, 0) is 20.3 Å². The Morgan fingerprint density at radius 3 is 1.29 bits per heavy atom. The summed E-state index contributed by atoms with van der Waals surface area (Å²) < 4.78 is 16.6. The van der Waals surface area contributed by atoms with Crippen molar-refractivity contribution in [3.8, 4) is 0 Å². The molecule has 4 nitrogen and oxygen atoms in total. The monoisotopic (exact) mass is 361 g/mol. The summed E-state index contributed by atoms with van der Waals surface area (Å²) in [5, 5.41) is 6.04. The molecule has 0 bridgehead atoms. The van der Waals surface area contributed by atoms with Crippen molar-refractivity contribution in [2.75, 3.05) is 19.8 Å². The number of rotatable bonds is 19. The Morgan fingerprint density at radius 2 is 0.917 bits per heavy atom. The third kappa shape index (κ3) is 15.6. The lowest BCUT2D eigenvalue weighted by Crippen LogP contribution is -2.55. The fraction of sp³-hybridized carbons (Fsp3) is 1.00. The van der Waals surface area contributed by atoms with E-state index in [2.05, 4.69) is 6.92 Å². The average Bonchev–Trinajstić information content (AvgIpc) is 2.55. The van der Waals surface area contributed by atoms with Crippen molar-refractivity contribution in [3.05, 3.63) is 0 Å². The molecule has 0 heterocycles. The molecule has 0 saturated carbocycles. The SMILES string of the molecule is CCCCCCCCCCCCCCCO[Si](N)(OCC)OCC. The van der Waals surface area contributed by atoms with Crippen LogP contribution in [-0.2, 0) is 13.3 Å². The summed E-state index contributed by atoms with van der Waals surface area (Å²) in [6.45, 7) is 7.85. The van der Waals surface area contributed by atoms with Gasteiger partial charge in [0.1, 0.15) is 0 Å². The van der Waals surface area contributed by atoms with Gasteiger partial charge in [-0.3, -0.25) is 5.40 Å². The lowest BCUT2D eigenvalue weighted by atomic mass is 10.0. The zero-order valence-corrected chi connectivity index (χ0v) is 17.6. The number of nitrogens with two attached hydrogens (primary N) is 1. The molecule has 0 aliphatic rings. The smallest absolute Gasteiger partial charge is 0.362 e. The molecular weight excluding hydrogens is 318 g/mol. The second kappa shape index (κ2) is 17.9. The Bertz CT molecular complexity index is 249. The minimum atomic E-state index is -2.85. The van der Waals surface area contributed by atoms with E-state index < -0.39 is 8.97 Å². The Hall–Kier alpha value is 0.0569. The fourth-order valence-electron chi connectivity index (χ4n) is 2.86. The van der Waals surface area contributed by atoms with Gasteiger partial charge >= 0.3 is 8.97 Å². The van der Waals surface area contributed by atoms with Crippen molar-refractivity contribution in [2.24, 2.45) is 5.40 Å². The predicted molar refractivity (Wildman–Crippen MR) is 105 cm³/mol. The second-order valence-corrected chi connectivity index (χ2v) is 8.63. The quantitative estimate of drug-likeness (QED) is 0.242. The third-order valence-corrected chi connectivity index (χ3v) is 6.23. The summed E-state index contributed by atoms with van der Waals surface area (Å²) in [5.41, 5.74) is 0. The van der Waals surface area contributed by atoms with Gasteiger partial charge in [0.05, 0.1) is 0 Å². The van der Waals surface area contributed by atoms with Crippen LogP contribution < -0.4 is 5.40 Å². The number of unbranched alkanes of at least 4 members (excludes halogenated alkanes) is 12. The van der Waals surface area contributed by atoms with Crippen molar-refractivity contribution >= 4 is 8.97 Å². The van der Waals surface area contributed by atoms with Crippen LogP contribution in [0.3, 0.4) is 0 Å². The molecule has 0 aliphatic heterocycles. The first-order chi connectivity index (χ1) is 11.7. The van der Waals surface area contributed by atoms with E-state index >= 15 is 0 Å². The van der Waals surface area contributed by atoms with Crippen molar-refractivity contribution in [3.63, 3.8) is 0 Å². The van der Waals surface area contributed by atoms with Crippen LogP contribution in [0, 0.1) is 0 Å². The van der Waals surface area contributed by atoms with E-state index in [9.17, 15) is 0 Å². The molecule has 0 saturated heterocycles. The standard InChI is InChI=1S/C19H43NO3Si/c1-4-7-8-9-10-11-12-13-14-15-16-17-18-19-23-24(20,21-5-2)22-6-3/h4-20H2,1-3H3. The molecule has 0 radical (unpaired) electrons. The number of hydrogen-bond donors (Lipinski definition) is 1. The highest BCUT2D eigenvalue weighted by molar-refractivity contribution is 6.56. The van der Waals surface area contributed by atoms with Gasteiger partial charge in [0, 0.05) is 19.8 Å². The molecular formula is C19H43NO3Si. The van der Waals surface area contributed by atoms with Crippen LogP contribution in [-0.4, -0.2) is 28.8 Å². The van der Waals surface area contributed by atoms with Crippen LogP contribution in [0.5, 0.6) is 0 Å². The van der Waals surface area contributed by atoms with Crippen molar-refractivity contribution in [1.29, 1.82) is 0 Å². The van der Waals surface area contributed by atoms with Gasteiger partial charge < -0.3 is 13.3 Å². The first-order valence-corrected chi connectivity index (χ1v) is 12.2. The van der Waals surface area contributed by atoms with Crippen molar-refractivity contribution < 1.29 is 13.3 Å². The van der Waals surface area contributed by atoms with Gasteiger partial charge in [-0.25, -0.2) is 0 Å². The van der Waals surface area contributed by atoms with Crippen LogP contribution in [0.25, 0.3) is 0 Å². The lowest BCUT2D eigenvalue weighted by Gasteiger charge is -2.23. The summed E-state index contributed by atoms with van der Waals surface area (Å²) in [6.07, 6.45) is 17.6. The third-order valence-electron chi connectivity index (χ3n) is 4.24. The van der Waals surface area contributed by atoms with Crippen LogP contribution in [0.4, 0.5) is 0 Å². The molecule has 0 unspecified atom stereocenters. The summed E-state index contributed by atoms with van der Waals surface area (Å²) in [6, 6.07) is 0. The Kier molecular flexibility index (Phi) is 17.9. The minimum Gasteiger partial charge on any atom is -0.362 e. The molecule has 146 valence electrons. The molecule has 0 fully saturated rings. The molecule has 0 amide bonds. The largest absolute Gasteiger partial charge is 0.594 e. The maximum Gasteiger partial charge on any atom is 0.594 e. The van der Waals surface area contributed by atoms with Gasteiger partial charge in [-0.15, -0.1) is 0 Å². The van der Waals surface area contributed by atoms with E-state index in [1.165, 1.54) is 77.0 Å². The zero-order valence-electron chi connectivity index (χ0n) is 16.6. The van der Waals surface area contributed by atoms with Crippen molar-refractivity contribution in [2.45, 2.75) is 104 Å². The normalized spacial score (nSPS) is 12.0. The number of hydrogen-bond acceptors (Lipinski definition) is 4. The first-order valence-electron chi connectivity index (χ1n) is 10.4. The van der Waals surface area contributed by atoms with Gasteiger partial charge in [0.15, 0.2) is 0 Å². The molecule has 0 spiro atoms. The van der Waals surface area contributed by atoms with Crippen LogP contribution >= 0.6 is 0 Å². The van der Waals surface area contributed by atoms with Crippen LogP contribution in [0.1, 0.15) is 104 Å². The highest BCUT2D eigenvalue weighted by atomic mass is 28.4. The van der Waals surface area contributed by atoms with E-state index in [4.69, 9.17) is 18.7 Å². The average molecular weight is 362 g/mol. The summed E-state index contributed by atoms with van der Waals surface area (Å²) in [5.74, 6) is 0. The maximum atomic E-state index is 6.04. The summed E-state index contributed by atoms with van der Waals surface area (Å²) >= 11 is 0. The zero-order chi connectivity index (χ0) is 17.9.